The van der Waals surface area contributed by atoms with Gasteiger partial charge in [0.25, 0.3) is 0 Å². The number of aliphatic carboxylic acids is 1. The van der Waals surface area contributed by atoms with Crippen LogP contribution in [-0.2, 0) is 11.2 Å². The van der Waals surface area contributed by atoms with E-state index in [-0.39, 0.29) is 16.9 Å². The number of hydrogen-bond acceptors (Lipinski definition) is 3. The van der Waals surface area contributed by atoms with Gasteiger partial charge in [-0.2, -0.15) is 8.78 Å². The molecule has 1 rings (SSSR count). The van der Waals surface area contributed by atoms with E-state index in [1.807, 2.05) is 0 Å². The van der Waals surface area contributed by atoms with Crippen LogP contribution in [0.1, 0.15) is 21.5 Å². The fourth-order valence-corrected chi connectivity index (χ4v) is 1.46. The van der Waals surface area contributed by atoms with E-state index < -0.39 is 19.0 Å². The number of carbonyl (C=O) groups excluding carboxylic acids is 1. The molecule has 0 aliphatic carbocycles. The summed E-state index contributed by atoms with van der Waals surface area (Å²) in [6, 6.07) is 2.52. The van der Waals surface area contributed by atoms with Crippen molar-refractivity contribution in [3.8, 4) is 5.75 Å². The highest BCUT2D eigenvalue weighted by molar-refractivity contribution is 5.78. The summed E-state index contributed by atoms with van der Waals surface area (Å²) in [5.41, 5.74) is 0.725. The second-order valence-corrected chi connectivity index (χ2v) is 3.38. The van der Waals surface area contributed by atoms with E-state index in [1.165, 1.54) is 13.0 Å². The number of aryl methyl sites for hydroxylation is 1. The Balaban J connectivity index is 3.23. The molecule has 0 aliphatic heterocycles. The maximum Gasteiger partial charge on any atom is 0.387 e. The van der Waals surface area contributed by atoms with Gasteiger partial charge in [-0.15, -0.1) is 0 Å². The highest BCUT2D eigenvalue weighted by Crippen LogP contribution is 2.26. The lowest BCUT2D eigenvalue weighted by Gasteiger charge is -2.12. The molecule has 0 bridgehead atoms. The van der Waals surface area contributed by atoms with Crippen molar-refractivity contribution in [1.29, 1.82) is 0 Å². The van der Waals surface area contributed by atoms with Crippen molar-refractivity contribution in [2.75, 3.05) is 0 Å². The molecule has 0 fully saturated rings. The Morgan fingerprint density at radius 3 is 2.65 bits per heavy atom. The van der Waals surface area contributed by atoms with Gasteiger partial charge in [-0.3, -0.25) is 9.59 Å². The van der Waals surface area contributed by atoms with Crippen LogP contribution in [-0.4, -0.2) is 24.0 Å². The minimum atomic E-state index is -3.07. The first kappa shape index (κ1) is 13.1. The first-order valence-electron chi connectivity index (χ1n) is 4.69. The Kier molecular flexibility index (Phi) is 4.14. The predicted molar refractivity (Wildman–Crippen MR) is 54.5 cm³/mol. The van der Waals surface area contributed by atoms with Gasteiger partial charge in [0.1, 0.15) is 12.0 Å². The smallest absolute Gasteiger partial charge is 0.387 e. The van der Waals surface area contributed by atoms with Gasteiger partial charge in [-0.05, 0) is 24.6 Å². The summed E-state index contributed by atoms with van der Waals surface area (Å²) in [4.78, 5) is 21.2. The number of ether oxygens (including phenoxy) is 1. The third-order valence-electron chi connectivity index (χ3n) is 2.13. The molecule has 0 saturated heterocycles. The number of rotatable bonds is 5. The van der Waals surface area contributed by atoms with Gasteiger partial charge in [0.05, 0.1) is 6.42 Å². The van der Waals surface area contributed by atoms with E-state index in [0.717, 1.165) is 6.07 Å². The van der Waals surface area contributed by atoms with Crippen LogP contribution in [0.15, 0.2) is 12.1 Å². The normalized spacial score (nSPS) is 10.4. The zero-order chi connectivity index (χ0) is 13.0. The summed E-state index contributed by atoms with van der Waals surface area (Å²) in [6.45, 7) is -1.53. The average molecular weight is 244 g/mol. The summed E-state index contributed by atoms with van der Waals surface area (Å²) in [7, 11) is 0. The summed E-state index contributed by atoms with van der Waals surface area (Å²) < 4.78 is 28.5. The fraction of sp³-hybridized carbons (Fsp3) is 0.273. The molecule has 92 valence electrons. The Morgan fingerprint density at radius 1 is 1.53 bits per heavy atom. The quantitative estimate of drug-likeness (QED) is 0.805. The molecule has 1 aromatic carbocycles. The van der Waals surface area contributed by atoms with Crippen LogP contribution in [0, 0.1) is 6.92 Å². The largest absolute Gasteiger partial charge is 0.481 e. The zero-order valence-electron chi connectivity index (χ0n) is 8.94. The van der Waals surface area contributed by atoms with E-state index in [9.17, 15) is 18.4 Å². The van der Waals surface area contributed by atoms with E-state index in [2.05, 4.69) is 4.74 Å². The summed E-state index contributed by atoms with van der Waals surface area (Å²) in [6.07, 6.45) is 0.0445. The number of carboxylic acid groups (broad SMARTS) is 1. The number of hydrogen-bond donors (Lipinski definition) is 1. The highest BCUT2D eigenvalue weighted by Gasteiger charge is 2.15. The molecule has 0 radical (unpaired) electrons. The Morgan fingerprint density at radius 2 is 2.18 bits per heavy atom. The van der Waals surface area contributed by atoms with E-state index in [4.69, 9.17) is 5.11 Å². The highest BCUT2D eigenvalue weighted by atomic mass is 19.3. The van der Waals surface area contributed by atoms with Gasteiger partial charge >= 0.3 is 12.6 Å². The second kappa shape index (κ2) is 5.38. The van der Waals surface area contributed by atoms with Gasteiger partial charge in [0.15, 0.2) is 0 Å². The summed E-state index contributed by atoms with van der Waals surface area (Å²) in [5, 5.41) is 8.66. The topological polar surface area (TPSA) is 63.6 Å². The standard InChI is InChI=1S/C11H10F2O4/c1-6-2-7(5-14)3-9(17-11(12)13)8(6)4-10(15)16/h2-3,5,11H,4H2,1H3,(H,15,16). The van der Waals surface area contributed by atoms with Crippen LogP contribution >= 0.6 is 0 Å². The maximum absolute atomic E-state index is 12.1. The second-order valence-electron chi connectivity index (χ2n) is 3.38. The molecule has 0 aliphatic rings. The van der Waals surface area contributed by atoms with Gasteiger partial charge in [-0.25, -0.2) is 0 Å². The van der Waals surface area contributed by atoms with Crippen LogP contribution in [0.2, 0.25) is 0 Å². The third kappa shape index (κ3) is 3.51. The molecule has 0 aromatic heterocycles. The van der Waals surface area contributed by atoms with E-state index >= 15 is 0 Å². The predicted octanol–water partition coefficient (Wildman–Crippen LogP) is 2.04. The van der Waals surface area contributed by atoms with Gasteiger partial charge in [-0.1, -0.05) is 0 Å². The van der Waals surface area contributed by atoms with Crippen LogP contribution < -0.4 is 4.74 Å². The summed E-state index contributed by atoms with van der Waals surface area (Å²) >= 11 is 0. The Bertz CT molecular complexity index is 443. The van der Waals surface area contributed by atoms with Crippen molar-refractivity contribution in [1.82, 2.24) is 0 Å². The van der Waals surface area contributed by atoms with Crippen LogP contribution in [0.3, 0.4) is 0 Å². The molecule has 0 heterocycles. The fourth-order valence-electron chi connectivity index (χ4n) is 1.46. The Labute approximate surface area is 95.8 Å². The van der Waals surface area contributed by atoms with Crippen LogP contribution in [0.4, 0.5) is 8.78 Å². The number of halogens is 2. The number of carbonyl (C=O) groups is 2. The SMILES string of the molecule is Cc1cc(C=O)cc(OC(F)F)c1CC(=O)O. The number of alkyl halides is 2. The van der Waals surface area contributed by atoms with Crippen molar-refractivity contribution < 1.29 is 28.2 Å². The van der Waals surface area contributed by atoms with Gasteiger partial charge in [0, 0.05) is 11.1 Å². The summed E-state index contributed by atoms with van der Waals surface area (Å²) in [5.74, 6) is -1.43. The molecule has 0 atom stereocenters. The first-order valence-corrected chi connectivity index (χ1v) is 4.69. The number of aldehydes is 1. The monoisotopic (exact) mass is 244 g/mol. The molecule has 1 aromatic rings. The van der Waals surface area contributed by atoms with Crippen molar-refractivity contribution in [3.63, 3.8) is 0 Å². The lowest BCUT2D eigenvalue weighted by molar-refractivity contribution is -0.136. The average Bonchev–Trinajstić information content (AvgIpc) is 2.21. The molecule has 1 N–H and O–H groups in total. The van der Waals surface area contributed by atoms with E-state index in [0.29, 0.717) is 11.8 Å². The lowest BCUT2D eigenvalue weighted by Crippen LogP contribution is -2.09. The van der Waals surface area contributed by atoms with Gasteiger partial charge < -0.3 is 9.84 Å². The molecular formula is C11H10F2O4. The Hall–Kier alpha value is -1.98. The molecule has 0 saturated carbocycles. The first-order chi connectivity index (χ1) is 7.93. The van der Waals surface area contributed by atoms with Crippen molar-refractivity contribution in [2.45, 2.75) is 20.0 Å². The molecule has 6 heteroatoms. The molecular weight excluding hydrogens is 234 g/mol. The molecule has 17 heavy (non-hydrogen) atoms. The third-order valence-corrected chi connectivity index (χ3v) is 2.13. The van der Waals surface area contributed by atoms with Crippen LogP contribution in [0.25, 0.3) is 0 Å². The van der Waals surface area contributed by atoms with Crippen molar-refractivity contribution in [3.05, 3.63) is 28.8 Å². The minimum absolute atomic E-state index is 0.142. The zero-order valence-corrected chi connectivity index (χ0v) is 8.94. The van der Waals surface area contributed by atoms with Crippen LogP contribution in [0.5, 0.6) is 5.75 Å². The number of benzene rings is 1. The number of carboxylic acids is 1. The molecule has 0 amide bonds. The maximum atomic E-state index is 12.1. The van der Waals surface area contributed by atoms with E-state index in [1.54, 1.807) is 0 Å². The molecule has 0 unspecified atom stereocenters. The molecule has 0 spiro atoms. The molecule has 4 nitrogen and oxygen atoms in total. The van der Waals surface area contributed by atoms with Crippen molar-refractivity contribution >= 4 is 12.3 Å². The van der Waals surface area contributed by atoms with Gasteiger partial charge in [0.2, 0.25) is 0 Å². The minimum Gasteiger partial charge on any atom is -0.481 e. The van der Waals surface area contributed by atoms with Crippen molar-refractivity contribution in [2.24, 2.45) is 0 Å². The lowest BCUT2D eigenvalue weighted by atomic mass is 10.0.